The summed E-state index contributed by atoms with van der Waals surface area (Å²) in [4.78, 5) is 42.6. The first-order chi connectivity index (χ1) is 16.4. The monoisotopic (exact) mass is 472 g/mol. The van der Waals surface area contributed by atoms with Gasteiger partial charge in [0.2, 0.25) is 11.8 Å². The van der Waals surface area contributed by atoms with Gasteiger partial charge in [-0.25, -0.2) is 13.6 Å². The van der Waals surface area contributed by atoms with Gasteiger partial charge in [-0.05, 0) is 24.1 Å². The Kier molecular flexibility index (Phi) is 7.36. The van der Waals surface area contributed by atoms with Crippen LogP contribution in [0.5, 0.6) is 0 Å². The van der Waals surface area contributed by atoms with Crippen LogP contribution in [0.4, 0.5) is 19.3 Å². The third kappa shape index (κ3) is 5.69. The van der Waals surface area contributed by atoms with Crippen molar-refractivity contribution in [2.45, 2.75) is 12.5 Å². The van der Waals surface area contributed by atoms with Crippen molar-refractivity contribution in [3.05, 3.63) is 65.7 Å². The van der Waals surface area contributed by atoms with Gasteiger partial charge in [-0.15, -0.1) is 0 Å². The SMILES string of the molecule is O=C(CN1CCCN(C(=O)CN2C(=O)OCC2c2ccccc2)CC1)Nc1ccc(F)cc1F. The molecule has 0 aliphatic carbocycles. The van der Waals surface area contributed by atoms with Crippen LogP contribution in [-0.2, 0) is 14.3 Å². The first kappa shape index (κ1) is 23.6. The summed E-state index contributed by atoms with van der Waals surface area (Å²) in [5, 5.41) is 2.45. The number of carbonyl (C=O) groups excluding carboxylic acids is 3. The predicted octanol–water partition coefficient (Wildman–Crippen LogP) is 2.63. The first-order valence-electron chi connectivity index (χ1n) is 11.1. The van der Waals surface area contributed by atoms with E-state index >= 15 is 0 Å². The zero-order chi connectivity index (χ0) is 24.1. The fourth-order valence-electron chi connectivity index (χ4n) is 4.18. The molecule has 180 valence electrons. The van der Waals surface area contributed by atoms with Crippen LogP contribution >= 0.6 is 0 Å². The highest BCUT2D eigenvalue weighted by atomic mass is 19.1. The van der Waals surface area contributed by atoms with E-state index in [4.69, 9.17) is 4.74 Å². The van der Waals surface area contributed by atoms with Gasteiger partial charge in [0.1, 0.15) is 24.8 Å². The maximum Gasteiger partial charge on any atom is 0.410 e. The van der Waals surface area contributed by atoms with Gasteiger partial charge in [-0.3, -0.25) is 19.4 Å². The molecule has 4 rings (SSSR count). The number of anilines is 1. The average molecular weight is 472 g/mol. The van der Waals surface area contributed by atoms with Crippen molar-refractivity contribution in [2.75, 3.05) is 51.2 Å². The van der Waals surface area contributed by atoms with Gasteiger partial charge in [0, 0.05) is 32.2 Å². The number of carbonyl (C=O) groups is 3. The lowest BCUT2D eigenvalue weighted by Gasteiger charge is -2.26. The van der Waals surface area contributed by atoms with Crippen molar-refractivity contribution in [1.82, 2.24) is 14.7 Å². The maximum atomic E-state index is 13.8. The van der Waals surface area contributed by atoms with Crippen LogP contribution in [0.2, 0.25) is 0 Å². The molecule has 2 heterocycles. The van der Waals surface area contributed by atoms with Crippen LogP contribution < -0.4 is 5.32 Å². The largest absolute Gasteiger partial charge is 0.447 e. The molecule has 34 heavy (non-hydrogen) atoms. The molecule has 2 aliphatic rings. The van der Waals surface area contributed by atoms with Crippen LogP contribution in [0.1, 0.15) is 18.0 Å². The Hall–Kier alpha value is -3.53. The van der Waals surface area contributed by atoms with Crippen molar-refractivity contribution >= 4 is 23.6 Å². The van der Waals surface area contributed by atoms with Gasteiger partial charge in [-0.2, -0.15) is 0 Å². The Labute approximate surface area is 196 Å². The normalized spacial score (nSPS) is 19.0. The molecule has 0 aromatic heterocycles. The predicted molar refractivity (Wildman–Crippen MR) is 120 cm³/mol. The number of nitrogens with zero attached hydrogens (tertiary/aromatic N) is 3. The van der Waals surface area contributed by atoms with E-state index in [1.54, 1.807) is 4.90 Å². The number of ether oxygens (including phenoxy) is 1. The lowest BCUT2D eigenvalue weighted by Crippen LogP contribution is -2.43. The molecular formula is C24H26F2N4O4. The van der Waals surface area contributed by atoms with Crippen molar-refractivity contribution in [2.24, 2.45) is 0 Å². The van der Waals surface area contributed by atoms with E-state index in [9.17, 15) is 23.2 Å². The van der Waals surface area contributed by atoms with Gasteiger partial charge < -0.3 is 15.0 Å². The van der Waals surface area contributed by atoms with Crippen LogP contribution in [0, 0.1) is 11.6 Å². The summed E-state index contributed by atoms with van der Waals surface area (Å²) in [6, 6.07) is 12.1. The molecule has 0 radical (unpaired) electrons. The molecule has 2 saturated heterocycles. The van der Waals surface area contributed by atoms with Crippen molar-refractivity contribution < 1.29 is 27.9 Å². The van der Waals surface area contributed by atoms with E-state index in [0.717, 1.165) is 11.6 Å². The van der Waals surface area contributed by atoms with E-state index < -0.39 is 23.6 Å². The number of rotatable bonds is 6. The Morgan fingerprint density at radius 1 is 1.00 bits per heavy atom. The number of hydrogen-bond donors (Lipinski definition) is 1. The van der Waals surface area contributed by atoms with E-state index in [0.29, 0.717) is 38.7 Å². The molecular weight excluding hydrogens is 446 g/mol. The summed E-state index contributed by atoms with van der Waals surface area (Å²) in [6.45, 7) is 2.08. The Bertz CT molecular complexity index is 1050. The van der Waals surface area contributed by atoms with Gasteiger partial charge in [0.15, 0.2) is 0 Å². The molecule has 1 atom stereocenters. The summed E-state index contributed by atoms with van der Waals surface area (Å²) in [5.41, 5.74) is 0.829. The van der Waals surface area contributed by atoms with Crippen LogP contribution in [0.15, 0.2) is 48.5 Å². The summed E-state index contributed by atoms with van der Waals surface area (Å²) < 4.78 is 32.0. The lowest BCUT2D eigenvalue weighted by molar-refractivity contribution is -0.131. The maximum absolute atomic E-state index is 13.8. The summed E-state index contributed by atoms with van der Waals surface area (Å²) in [5.74, 6) is -2.16. The minimum absolute atomic E-state index is 0.0212. The number of amides is 3. The van der Waals surface area contributed by atoms with E-state index in [1.807, 2.05) is 35.2 Å². The van der Waals surface area contributed by atoms with E-state index in [1.165, 1.54) is 11.0 Å². The first-order valence-corrected chi connectivity index (χ1v) is 11.1. The third-order valence-electron chi connectivity index (χ3n) is 5.98. The van der Waals surface area contributed by atoms with Crippen LogP contribution in [0.25, 0.3) is 0 Å². The lowest BCUT2D eigenvalue weighted by atomic mass is 10.1. The second kappa shape index (κ2) is 10.6. The molecule has 0 bridgehead atoms. The highest BCUT2D eigenvalue weighted by Gasteiger charge is 2.36. The molecule has 2 aliphatic heterocycles. The van der Waals surface area contributed by atoms with Crippen molar-refractivity contribution in [1.29, 1.82) is 0 Å². The number of nitrogens with one attached hydrogen (secondary N) is 1. The number of cyclic esters (lactones) is 1. The Morgan fingerprint density at radius 2 is 1.79 bits per heavy atom. The minimum Gasteiger partial charge on any atom is -0.447 e. The minimum atomic E-state index is -0.838. The zero-order valence-corrected chi connectivity index (χ0v) is 18.6. The summed E-state index contributed by atoms with van der Waals surface area (Å²) in [7, 11) is 0. The van der Waals surface area contributed by atoms with Gasteiger partial charge in [-0.1, -0.05) is 30.3 Å². The molecule has 3 amide bonds. The fraction of sp³-hybridized carbons (Fsp3) is 0.375. The standard InChI is InChI=1S/C24H26F2N4O4/c25-18-7-8-20(19(26)13-18)27-22(31)14-28-9-4-10-29(12-11-28)23(32)15-30-21(16-34-24(30)33)17-5-2-1-3-6-17/h1-3,5-8,13,21H,4,9-12,14-16H2,(H,27,31). The Morgan fingerprint density at radius 3 is 2.56 bits per heavy atom. The van der Waals surface area contributed by atoms with Gasteiger partial charge >= 0.3 is 6.09 Å². The van der Waals surface area contributed by atoms with E-state index in [2.05, 4.69) is 5.32 Å². The fourth-order valence-corrected chi connectivity index (χ4v) is 4.18. The summed E-state index contributed by atoms with van der Waals surface area (Å²) >= 11 is 0. The molecule has 2 fully saturated rings. The molecule has 10 heteroatoms. The average Bonchev–Trinajstić information content (AvgIpc) is 3.02. The number of benzene rings is 2. The smallest absolute Gasteiger partial charge is 0.410 e. The molecule has 2 aromatic rings. The third-order valence-corrected chi connectivity index (χ3v) is 5.98. The van der Waals surface area contributed by atoms with Crippen LogP contribution in [-0.4, -0.2) is 78.5 Å². The molecule has 2 aromatic carbocycles. The highest BCUT2D eigenvalue weighted by Crippen LogP contribution is 2.27. The molecule has 8 nitrogen and oxygen atoms in total. The number of hydrogen-bond acceptors (Lipinski definition) is 5. The topological polar surface area (TPSA) is 82.2 Å². The van der Waals surface area contributed by atoms with Gasteiger partial charge in [0.25, 0.3) is 0 Å². The van der Waals surface area contributed by atoms with Gasteiger partial charge in [0.05, 0.1) is 18.3 Å². The second-order valence-electron chi connectivity index (χ2n) is 8.31. The van der Waals surface area contributed by atoms with Crippen molar-refractivity contribution in [3.63, 3.8) is 0 Å². The second-order valence-corrected chi connectivity index (χ2v) is 8.31. The molecule has 1 unspecified atom stereocenters. The summed E-state index contributed by atoms with van der Waals surface area (Å²) in [6.07, 6.45) is 0.139. The van der Waals surface area contributed by atoms with E-state index in [-0.39, 0.29) is 37.3 Å². The molecule has 0 spiro atoms. The quantitative estimate of drug-likeness (QED) is 0.699. The Balaban J connectivity index is 1.30. The number of halogens is 2. The van der Waals surface area contributed by atoms with Crippen molar-refractivity contribution in [3.8, 4) is 0 Å². The molecule has 0 saturated carbocycles. The zero-order valence-electron chi connectivity index (χ0n) is 18.6. The highest BCUT2D eigenvalue weighted by molar-refractivity contribution is 5.92. The van der Waals surface area contributed by atoms with Crippen LogP contribution in [0.3, 0.4) is 0 Å². The molecule has 1 N–H and O–H groups in total.